The molecule has 10 heteroatoms. The van der Waals surface area contributed by atoms with Crippen LogP contribution in [0, 0.1) is 17.6 Å². The lowest BCUT2D eigenvalue weighted by molar-refractivity contribution is -0.149. The van der Waals surface area contributed by atoms with Gasteiger partial charge in [0.25, 0.3) is 0 Å². The van der Waals surface area contributed by atoms with E-state index in [1.807, 2.05) is 0 Å². The minimum absolute atomic E-state index is 0.0602. The standard InChI is InChI=1S/C18H24F2N2O5S/c1-3-26-18(23)12-7-9-22(10-8-12)28(24,25)15-11-27-21(2)17(15)13-5-4-6-14(19)16(13)20/h4-6,12,15,17H,3,7-11H2,1-2H3/t15-,17+/m1/s1. The maximum Gasteiger partial charge on any atom is 0.309 e. The molecule has 0 N–H and O–H groups in total. The van der Waals surface area contributed by atoms with Crippen LogP contribution in [-0.2, 0) is 24.4 Å². The van der Waals surface area contributed by atoms with Gasteiger partial charge in [-0.15, -0.1) is 0 Å². The number of hydroxylamine groups is 2. The fourth-order valence-corrected chi connectivity index (χ4v) is 5.77. The molecule has 0 spiro atoms. The third kappa shape index (κ3) is 3.91. The average Bonchev–Trinajstić information content (AvgIpc) is 3.06. The Labute approximate surface area is 163 Å². The van der Waals surface area contributed by atoms with Gasteiger partial charge in [-0.3, -0.25) is 9.63 Å². The zero-order valence-corrected chi connectivity index (χ0v) is 16.6. The smallest absolute Gasteiger partial charge is 0.309 e. The number of hydrogen-bond donors (Lipinski definition) is 0. The van der Waals surface area contributed by atoms with Crippen LogP contribution in [0.5, 0.6) is 0 Å². The second kappa shape index (κ2) is 8.40. The zero-order valence-electron chi connectivity index (χ0n) is 15.8. The Morgan fingerprint density at radius 1 is 1.29 bits per heavy atom. The number of benzene rings is 1. The Kier molecular flexibility index (Phi) is 6.33. The van der Waals surface area contributed by atoms with E-state index >= 15 is 0 Å². The van der Waals surface area contributed by atoms with Gasteiger partial charge in [0.1, 0.15) is 5.25 Å². The lowest BCUT2D eigenvalue weighted by atomic mass is 9.98. The molecule has 2 saturated heterocycles. The molecule has 1 aromatic rings. The second-order valence-electron chi connectivity index (χ2n) is 6.94. The summed E-state index contributed by atoms with van der Waals surface area (Å²) in [6.07, 6.45) is 0.723. The molecule has 0 radical (unpaired) electrons. The summed E-state index contributed by atoms with van der Waals surface area (Å²) in [5, 5.41) is 0.179. The molecular formula is C18H24F2N2O5S. The third-order valence-corrected chi connectivity index (χ3v) is 7.55. The topological polar surface area (TPSA) is 76.1 Å². The van der Waals surface area contributed by atoms with Crippen molar-refractivity contribution in [3.63, 3.8) is 0 Å². The Hall–Kier alpha value is -1.62. The normalized spacial score (nSPS) is 25.1. The molecular weight excluding hydrogens is 394 g/mol. The van der Waals surface area contributed by atoms with Crippen molar-refractivity contribution >= 4 is 16.0 Å². The minimum Gasteiger partial charge on any atom is -0.466 e. The van der Waals surface area contributed by atoms with Gasteiger partial charge in [-0.2, -0.15) is 5.06 Å². The molecule has 0 unspecified atom stereocenters. The van der Waals surface area contributed by atoms with E-state index in [1.165, 1.54) is 28.5 Å². The highest BCUT2D eigenvalue weighted by Gasteiger charge is 2.47. The van der Waals surface area contributed by atoms with E-state index in [9.17, 15) is 22.0 Å². The van der Waals surface area contributed by atoms with Crippen LogP contribution in [0.25, 0.3) is 0 Å². The van der Waals surface area contributed by atoms with Crippen LogP contribution in [0.3, 0.4) is 0 Å². The van der Waals surface area contributed by atoms with Crippen molar-refractivity contribution in [1.29, 1.82) is 0 Å². The summed E-state index contributed by atoms with van der Waals surface area (Å²) < 4.78 is 60.7. The van der Waals surface area contributed by atoms with Crippen LogP contribution in [0.1, 0.15) is 31.4 Å². The van der Waals surface area contributed by atoms with Gasteiger partial charge in [0.2, 0.25) is 10.0 Å². The molecule has 2 aliphatic heterocycles. The van der Waals surface area contributed by atoms with Gasteiger partial charge in [0.05, 0.1) is 25.2 Å². The lowest BCUT2D eigenvalue weighted by Gasteiger charge is -2.33. The van der Waals surface area contributed by atoms with Crippen molar-refractivity contribution in [3.05, 3.63) is 35.4 Å². The number of halogens is 2. The minimum atomic E-state index is -3.86. The fraction of sp³-hybridized carbons (Fsp3) is 0.611. The highest BCUT2D eigenvalue weighted by Crippen LogP contribution is 2.37. The first-order chi connectivity index (χ1) is 13.3. The molecule has 2 fully saturated rings. The molecule has 7 nitrogen and oxygen atoms in total. The zero-order chi connectivity index (χ0) is 20.5. The Balaban J connectivity index is 1.79. The van der Waals surface area contributed by atoms with E-state index in [2.05, 4.69) is 0 Å². The van der Waals surface area contributed by atoms with Gasteiger partial charge in [-0.05, 0) is 25.8 Å². The summed E-state index contributed by atoms with van der Waals surface area (Å²) in [4.78, 5) is 17.2. The summed E-state index contributed by atoms with van der Waals surface area (Å²) in [6.45, 7) is 2.19. The maximum absolute atomic E-state index is 14.3. The number of rotatable bonds is 5. The van der Waals surface area contributed by atoms with E-state index < -0.39 is 32.9 Å². The Morgan fingerprint density at radius 3 is 2.61 bits per heavy atom. The molecule has 156 valence electrons. The Bertz CT molecular complexity index is 827. The van der Waals surface area contributed by atoms with Gasteiger partial charge in [-0.1, -0.05) is 12.1 Å². The van der Waals surface area contributed by atoms with Crippen LogP contribution >= 0.6 is 0 Å². The summed E-state index contributed by atoms with van der Waals surface area (Å²) >= 11 is 0. The van der Waals surface area contributed by atoms with Crippen LogP contribution in [-0.4, -0.2) is 62.4 Å². The van der Waals surface area contributed by atoms with Crippen molar-refractivity contribution in [2.75, 3.05) is 33.4 Å². The van der Waals surface area contributed by atoms with Crippen molar-refractivity contribution in [2.45, 2.75) is 31.1 Å². The monoisotopic (exact) mass is 418 g/mol. The number of nitrogens with zero attached hydrogens (tertiary/aromatic N) is 2. The molecule has 1 aromatic carbocycles. The first-order valence-electron chi connectivity index (χ1n) is 9.22. The molecule has 0 aliphatic carbocycles. The number of carbonyl (C=O) groups excluding carboxylic acids is 1. The lowest BCUT2D eigenvalue weighted by Crippen LogP contribution is -2.47. The van der Waals surface area contributed by atoms with Crippen LogP contribution < -0.4 is 0 Å². The highest BCUT2D eigenvalue weighted by atomic mass is 32.2. The van der Waals surface area contributed by atoms with E-state index in [1.54, 1.807) is 6.92 Å². The van der Waals surface area contributed by atoms with Gasteiger partial charge in [0, 0.05) is 25.7 Å². The molecule has 0 aromatic heterocycles. The number of hydrogen-bond acceptors (Lipinski definition) is 6. The quantitative estimate of drug-likeness (QED) is 0.680. The molecule has 0 bridgehead atoms. The van der Waals surface area contributed by atoms with Crippen molar-refractivity contribution in [3.8, 4) is 0 Å². The summed E-state index contributed by atoms with van der Waals surface area (Å²) in [5.74, 6) is -2.76. The second-order valence-corrected chi connectivity index (χ2v) is 9.09. The third-order valence-electron chi connectivity index (χ3n) is 5.30. The first-order valence-corrected chi connectivity index (χ1v) is 10.7. The summed E-state index contributed by atoms with van der Waals surface area (Å²) in [7, 11) is -2.36. The largest absolute Gasteiger partial charge is 0.466 e. The molecule has 3 rings (SSSR count). The van der Waals surface area contributed by atoms with E-state index in [0.717, 1.165) is 6.07 Å². The first kappa shape index (κ1) is 21.1. The van der Waals surface area contributed by atoms with E-state index in [0.29, 0.717) is 12.8 Å². The predicted octanol–water partition coefficient (Wildman–Crippen LogP) is 1.86. The SMILES string of the molecule is CCOC(=O)C1CCN(S(=O)(=O)[C@@H]2CON(C)[C@H]2c2cccc(F)c2F)CC1. The van der Waals surface area contributed by atoms with Gasteiger partial charge in [0.15, 0.2) is 11.6 Å². The number of piperidine rings is 1. The molecule has 2 heterocycles. The number of esters is 1. The fourth-order valence-electron chi connectivity index (χ4n) is 3.79. The maximum atomic E-state index is 14.3. The highest BCUT2D eigenvalue weighted by molar-refractivity contribution is 7.89. The summed E-state index contributed by atoms with van der Waals surface area (Å²) in [6, 6.07) is 2.72. The van der Waals surface area contributed by atoms with Crippen molar-refractivity contribution < 1.29 is 31.6 Å². The van der Waals surface area contributed by atoms with Crippen LogP contribution in [0.15, 0.2) is 18.2 Å². The van der Waals surface area contributed by atoms with E-state index in [4.69, 9.17) is 9.57 Å². The van der Waals surface area contributed by atoms with Crippen LogP contribution in [0.4, 0.5) is 8.78 Å². The number of ether oxygens (including phenoxy) is 1. The number of sulfonamides is 1. The number of carbonyl (C=O) groups is 1. The van der Waals surface area contributed by atoms with Gasteiger partial charge in [-0.25, -0.2) is 21.5 Å². The summed E-state index contributed by atoms with van der Waals surface area (Å²) in [5.41, 5.74) is -0.0602. The van der Waals surface area contributed by atoms with Crippen molar-refractivity contribution in [2.24, 2.45) is 5.92 Å². The molecule has 28 heavy (non-hydrogen) atoms. The van der Waals surface area contributed by atoms with Crippen molar-refractivity contribution in [1.82, 2.24) is 9.37 Å². The molecule has 2 atom stereocenters. The molecule has 2 aliphatic rings. The van der Waals surface area contributed by atoms with Gasteiger partial charge >= 0.3 is 5.97 Å². The average molecular weight is 418 g/mol. The predicted molar refractivity (Wildman–Crippen MR) is 96.5 cm³/mol. The Morgan fingerprint density at radius 2 is 1.96 bits per heavy atom. The van der Waals surface area contributed by atoms with E-state index in [-0.39, 0.29) is 43.8 Å². The van der Waals surface area contributed by atoms with Crippen LogP contribution in [0.2, 0.25) is 0 Å². The van der Waals surface area contributed by atoms with Gasteiger partial charge < -0.3 is 4.74 Å². The molecule has 0 amide bonds. The molecule has 0 saturated carbocycles.